The van der Waals surface area contributed by atoms with E-state index in [-0.39, 0.29) is 6.10 Å². The highest BCUT2D eigenvalue weighted by atomic mass is 79.9. The Bertz CT molecular complexity index is 328. The highest BCUT2D eigenvalue weighted by Gasteiger charge is 2.24. The third-order valence-corrected chi connectivity index (χ3v) is 2.43. The molecular formula is C8H7BrN2O. The normalized spacial score (nSPS) is 26.2. The van der Waals surface area contributed by atoms with Gasteiger partial charge in [-0.25, -0.2) is 9.98 Å². The van der Waals surface area contributed by atoms with Crippen LogP contribution in [0.25, 0.3) is 0 Å². The van der Waals surface area contributed by atoms with Crippen molar-refractivity contribution in [1.82, 2.24) is 0 Å². The van der Waals surface area contributed by atoms with Crippen LogP contribution in [0, 0.1) is 0 Å². The molecule has 0 aliphatic carbocycles. The predicted octanol–water partition coefficient (Wildman–Crippen LogP) is 1.66. The van der Waals surface area contributed by atoms with Crippen LogP contribution in [0.15, 0.2) is 32.3 Å². The van der Waals surface area contributed by atoms with E-state index >= 15 is 0 Å². The number of rotatable bonds is 1. The molecule has 2 aliphatic rings. The third kappa shape index (κ3) is 1.07. The molecule has 62 valence electrons. The summed E-state index contributed by atoms with van der Waals surface area (Å²) in [5, 5.41) is 0. The number of fused-ring (bicyclic) bond motifs is 1. The maximum atomic E-state index is 5.24. The van der Waals surface area contributed by atoms with Crippen molar-refractivity contribution in [1.29, 1.82) is 0 Å². The highest BCUT2D eigenvalue weighted by molar-refractivity contribution is 9.12. The Morgan fingerprint density at radius 3 is 3.17 bits per heavy atom. The van der Waals surface area contributed by atoms with Gasteiger partial charge in [0.15, 0.2) is 5.84 Å². The lowest BCUT2D eigenvalue weighted by Gasteiger charge is -2.15. The van der Waals surface area contributed by atoms with Crippen LogP contribution in [0.2, 0.25) is 0 Å². The maximum absolute atomic E-state index is 5.24. The van der Waals surface area contributed by atoms with Crippen LogP contribution in [0.5, 0.6) is 0 Å². The zero-order chi connectivity index (χ0) is 8.55. The van der Waals surface area contributed by atoms with Crippen LogP contribution < -0.4 is 0 Å². The van der Waals surface area contributed by atoms with Gasteiger partial charge in [-0.2, -0.15) is 0 Å². The Morgan fingerprint density at radius 2 is 2.42 bits per heavy atom. The fourth-order valence-corrected chi connectivity index (χ4v) is 1.72. The number of halogens is 1. The monoisotopic (exact) mass is 226 g/mol. The van der Waals surface area contributed by atoms with Gasteiger partial charge in [0.05, 0.1) is 0 Å². The molecule has 12 heavy (non-hydrogen) atoms. The van der Waals surface area contributed by atoms with Gasteiger partial charge in [-0.05, 0) is 22.0 Å². The first-order valence-corrected chi connectivity index (χ1v) is 4.33. The molecule has 0 saturated heterocycles. The zero-order valence-corrected chi connectivity index (χ0v) is 8.08. The van der Waals surface area contributed by atoms with Crippen LogP contribution in [0.3, 0.4) is 0 Å². The average Bonchev–Trinajstić information content (AvgIpc) is 2.48. The molecule has 0 unspecified atom stereocenters. The van der Waals surface area contributed by atoms with Crippen molar-refractivity contribution in [3.05, 3.63) is 22.3 Å². The third-order valence-electron chi connectivity index (χ3n) is 1.79. The van der Waals surface area contributed by atoms with Crippen molar-refractivity contribution in [3.63, 3.8) is 0 Å². The molecule has 2 rings (SSSR count). The topological polar surface area (TPSA) is 34.0 Å². The number of amidine groups is 1. The summed E-state index contributed by atoms with van der Waals surface area (Å²) in [5.41, 5.74) is 1.01. The number of methoxy groups -OCH3 is 1. The molecule has 0 aromatic rings. The first-order valence-electron chi connectivity index (χ1n) is 3.54. The lowest BCUT2D eigenvalue weighted by atomic mass is 10.1. The molecule has 0 bridgehead atoms. The minimum absolute atomic E-state index is 0.0191. The Kier molecular flexibility index (Phi) is 1.94. The van der Waals surface area contributed by atoms with Crippen molar-refractivity contribution in [2.45, 2.75) is 6.10 Å². The van der Waals surface area contributed by atoms with E-state index in [4.69, 9.17) is 4.74 Å². The molecule has 0 aromatic heterocycles. The number of nitrogens with zero attached hydrogens (tertiary/aromatic N) is 2. The molecule has 2 heterocycles. The predicted molar refractivity (Wildman–Crippen MR) is 51.8 cm³/mol. The summed E-state index contributed by atoms with van der Waals surface area (Å²) < 4.78 is 6.20. The smallest absolute Gasteiger partial charge is 0.159 e. The number of aliphatic imine (C=N–C) groups is 2. The van der Waals surface area contributed by atoms with Gasteiger partial charge >= 0.3 is 0 Å². The minimum atomic E-state index is -0.0191. The Balaban J connectivity index is 2.43. The number of hydrogen-bond acceptors (Lipinski definition) is 3. The fourth-order valence-electron chi connectivity index (χ4n) is 1.21. The first-order chi connectivity index (χ1) is 5.83. The number of allylic oxidation sites excluding steroid dienone is 1. The van der Waals surface area contributed by atoms with Crippen LogP contribution >= 0.6 is 15.9 Å². The molecule has 4 heteroatoms. The second-order valence-corrected chi connectivity index (χ2v) is 3.32. The van der Waals surface area contributed by atoms with Crippen LogP contribution in [0.1, 0.15) is 0 Å². The SMILES string of the molecule is CO[C@H]1C=CN=C2N=CC(Br)=C21. The largest absolute Gasteiger partial charge is 0.372 e. The summed E-state index contributed by atoms with van der Waals surface area (Å²) in [6.45, 7) is 0. The molecule has 3 nitrogen and oxygen atoms in total. The molecule has 0 saturated carbocycles. The molecule has 0 N–H and O–H groups in total. The number of ether oxygens (including phenoxy) is 1. The van der Waals surface area contributed by atoms with Crippen LogP contribution in [0.4, 0.5) is 0 Å². The standard InChI is InChI=1S/C8H7BrN2O/c1-12-6-2-3-10-8-7(6)5(9)4-11-8/h2-4,6H,1H3/t6-/m0/s1. The molecular weight excluding hydrogens is 220 g/mol. The van der Waals surface area contributed by atoms with E-state index in [0.717, 1.165) is 15.9 Å². The molecule has 0 fully saturated rings. The van der Waals surface area contributed by atoms with E-state index in [1.165, 1.54) is 0 Å². The Labute approximate surface area is 78.7 Å². The summed E-state index contributed by atoms with van der Waals surface area (Å²) in [6, 6.07) is 0. The summed E-state index contributed by atoms with van der Waals surface area (Å²) >= 11 is 3.40. The molecule has 1 atom stereocenters. The van der Waals surface area contributed by atoms with Crippen LogP contribution in [-0.4, -0.2) is 25.3 Å². The van der Waals surface area contributed by atoms with Gasteiger partial charge in [0.25, 0.3) is 0 Å². The fraction of sp³-hybridized carbons (Fsp3) is 0.250. The van der Waals surface area contributed by atoms with Gasteiger partial charge in [0.1, 0.15) is 6.10 Å². The molecule has 0 aromatic carbocycles. The lowest BCUT2D eigenvalue weighted by molar-refractivity contribution is 0.172. The molecule has 2 aliphatic heterocycles. The van der Waals surface area contributed by atoms with Gasteiger partial charge in [0.2, 0.25) is 0 Å². The molecule has 0 radical (unpaired) electrons. The van der Waals surface area contributed by atoms with E-state index < -0.39 is 0 Å². The highest BCUT2D eigenvalue weighted by Crippen LogP contribution is 2.26. The molecule has 0 spiro atoms. The van der Waals surface area contributed by atoms with Crippen LogP contribution in [-0.2, 0) is 4.74 Å². The van der Waals surface area contributed by atoms with Gasteiger partial charge in [-0.1, -0.05) is 0 Å². The van der Waals surface area contributed by atoms with E-state index in [9.17, 15) is 0 Å². The van der Waals surface area contributed by atoms with Crippen molar-refractivity contribution < 1.29 is 4.74 Å². The van der Waals surface area contributed by atoms with E-state index in [0.29, 0.717) is 0 Å². The van der Waals surface area contributed by atoms with E-state index in [2.05, 4.69) is 25.9 Å². The Hall–Kier alpha value is -0.740. The second kappa shape index (κ2) is 2.95. The Morgan fingerprint density at radius 1 is 1.58 bits per heavy atom. The zero-order valence-electron chi connectivity index (χ0n) is 6.49. The summed E-state index contributed by atoms with van der Waals surface area (Å²) in [5.74, 6) is 0.747. The first kappa shape index (κ1) is 7.89. The summed E-state index contributed by atoms with van der Waals surface area (Å²) in [6.07, 6.45) is 5.34. The second-order valence-electron chi connectivity index (χ2n) is 2.47. The van der Waals surface area contributed by atoms with Gasteiger partial charge in [-0.15, -0.1) is 0 Å². The average molecular weight is 227 g/mol. The minimum Gasteiger partial charge on any atom is -0.372 e. The van der Waals surface area contributed by atoms with Crippen molar-refractivity contribution >= 4 is 28.0 Å². The molecule has 0 amide bonds. The van der Waals surface area contributed by atoms with Crippen molar-refractivity contribution in [2.24, 2.45) is 9.98 Å². The summed E-state index contributed by atoms with van der Waals surface area (Å²) in [7, 11) is 1.67. The van der Waals surface area contributed by atoms with Crippen molar-refractivity contribution in [2.75, 3.05) is 7.11 Å². The van der Waals surface area contributed by atoms with E-state index in [1.807, 2.05) is 6.08 Å². The van der Waals surface area contributed by atoms with Gasteiger partial charge in [-0.3, -0.25) is 0 Å². The maximum Gasteiger partial charge on any atom is 0.159 e. The lowest BCUT2D eigenvalue weighted by Crippen LogP contribution is -2.18. The summed E-state index contributed by atoms with van der Waals surface area (Å²) in [4.78, 5) is 8.22. The van der Waals surface area contributed by atoms with Crippen molar-refractivity contribution in [3.8, 4) is 0 Å². The van der Waals surface area contributed by atoms with Gasteiger partial charge < -0.3 is 4.74 Å². The van der Waals surface area contributed by atoms with Gasteiger partial charge in [0, 0.05) is 29.6 Å². The number of hydrogen-bond donors (Lipinski definition) is 0. The van der Waals surface area contributed by atoms with E-state index in [1.54, 1.807) is 19.5 Å². The quantitative estimate of drug-likeness (QED) is 0.670.